The fourth-order valence-corrected chi connectivity index (χ4v) is 1.35. The summed E-state index contributed by atoms with van der Waals surface area (Å²) in [6.07, 6.45) is 0. The Bertz CT molecular complexity index is 334. The largest absolute Gasteiger partial charge is 0.368 e. The number of hydrogen-bond acceptors (Lipinski definition) is 6. The smallest absolute Gasteiger partial charge is 0.231 e. The molecule has 1 aromatic rings. The third kappa shape index (κ3) is 3.22. The molecule has 0 amide bonds. The lowest BCUT2D eigenvalue weighted by Crippen LogP contribution is -2.26. The predicted molar refractivity (Wildman–Crippen MR) is 66.6 cm³/mol. The van der Waals surface area contributed by atoms with Crippen LogP contribution in [-0.4, -0.2) is 34.1 Å². The summed E-state index contributed by atoms with van der Waals surface area (Å²) in [5.41, 5.74) is 5.65. The first-order valence-electron chi connectivity index (χ1n) is 5.59. The van der Waals surface area contributed by atoms with Crippen LogP contribution in [0, 0.1) is 0 Å². The van der Waals surface area contributed by atoms with Gasteiger partial charge < -0.3 is 16.0 Å². The van der Waals surface area contributed by atoms with Crippen LogP contribution < -0.4 is 16.0 Å². The zero-order valence-electron chi connectivity index (χ0n) is 10.4. The summed E-state index contributed by atoms with van der Waals surface area (Å²) < 4.78 is 0. The second-order valence-electron chi connectivity index (χ2n) is 3.79. The van der Waals surface area contributed by atoms with Gasteiger partial charge in [0.05, 0.1) is 0 Å². The molecule has 90 valence electrons. The second kappa shape index (κ2) is 5.48. The summed E-state index contributed by atoms with van der Waals surface area (Å²) in [5, 5.41) is 3.12. The molecular formula is C10H20N6. The van der Waals surface area contributed by atoms with Gasteiger partial charge in [-0.2, -0.15) is 15.0 Å². The molecule has 6 nitrogen and oxygen atoms in total. The number of hydrogen-bond donors (Lipinski definition) is 2. The van der Waals surface area contributed by atoms with Crippen LogP contribution in [0.15, 0.2) is 0 Å². The van der Waals surface area contributed by atoms with Crippen LogP contribution in [0.5, 0.6) is 0 Å². The SMILES string of the molecule is CCN(CC)c1nc(N)nc(NC(C)C)n1. The van der Waals surface area contributed by atoms with Gasteiger partial charge in [0.25, 0.3) is 0 Å². The average molecular weight is 224 g/mol. The lowest BCUT2D eigenvalue weighted by molar-refractivity contribution is 0.805. The maximum absolute atomic E-state index is 5.65. The number of nitrogen functional groups attached to an aromatic ring is 1. The maximum Gasteiger partial charge on any atom is 0.231 e. The van der Waals surface area contributed by atoms with Crippen molar-refractivity contribution >= 4 is 17.8 Å². The number of nitrogens with one attached hydrogen (secondary N) is 1. The van der Waals surface area contributed by atoms with Gasteiger partial charge in [0.15, 0.2) is 0 Å². The highest BCUT2D eigenvalue weighted by molar-refractivity contribution is 5.41. The van der Waals surface area contributed by atoms with E-state index in [1.807, 2.05) is 18.7 Å². The lowest BCUT2D eigenvalue weighted by atomic mass is 10.4. The van der Waals surface area contributed by atoms with E-state index in [-0.39, 0.29) is 12.0 Å². The van der Waals surface area contributed by atoms with E-state index in [2.05, 4.69) is 34.1 Å². The zero-order valence-corrected chi connectivity index (χ0v) is 10.4. The van der Waals surface area contributed by atoms with Crippen LogP contribution in [0.25, 0.3) is 0 Å². The van der Waals surface area contributed by atoms with Crippen LogP contribution in [0.2, 0.25) is 0 Å². The zero-order chi connectivity index (χ0) is 12.1. The highest BCUT2D eigenvalue weighted by Gasteiger charge is 2.09. The summed E-state index contributed by atoms with van der Waals surface area (Å²) in [7, 11) is 0. The first-order valence-corrected chi connectivity index (χ1v) is 5.59. The summed E-state index contributed by atoms with van der Waals surface area (Å²) in [6, 6.07) is 0.270. The Hall–Kier alpha value is -1.59. The van der Waals surface area contributed by atoms with Gasteiger partial charge in [-0.1, -0.05) is 0 Å². The third-order valence-corrected chi connectivity index (χ3v) is 2.10. The van der Waals surface area contributed by atoms with Crippen molar-refractivity contribution in [3.05, 3.63) is 0 Å². The Morgan fingerprint density at radius 3 is 2.31 bits per heavy atom. The van der Waals surface area contributed by atoms with Gasteiger partial charge >= 0.3 is 0 Å². The van der Waals surface area contributed by atoms with E-state index in [0.717, 1.165) is 13.1 Å². The number of nitrogens with zero attached hydrogens (tertiary/aromatic N) is 4. The minimum atomic E-state index is 0.250. The van der Waals surface area contributed by atoms with E-state index in [9.17, 15) is 0 Å². The molecule has 3 N–H and O–H groups in total. The van der Waals surface area contributed by atoms with Crippen molar-refractivity contribution in [3.8, 4) is 0 Å². The van der Waals surface area contributed by atoms with E-state index >= 15 is 0 Å². The van der Waals surface area contributed by atoms with Gasteiger partial charge in [-0.05, 0) is 27.7 Å². The van der Waals surface area contributed by atoms with Crippen LogP contribution in [-0.2, 0) is 0 Å². The molecule has 0 saturated carbocycles. The molecule has 1 heterocycles. The van der Waals surface area contributed by atoms with Gasteiger partial charge in [0, 0.05) is 19.1 Å². The second-order valence-corrected chi connectivity index (χ2v) is 3.79. The first kappa shape index (κ1) is 12.5. The van der Waals surface area contributed by atoms with Crippen LogP contribution in [0.4, 0.5) is 17.8 Å². The number of aromatic nitrogens is 3. The monoisotopic (exact) mass is 224 g/mol. The van der Waals surface area contributed by atoms with Gasteiger partial charge in [-0.25, -0.2) is 0 Å². The number of nitrogens with two attached hydrogens (primary N) is 1. The van der Waals surface area contributed by atoms with E-state index < -0.39 is 0 Å². The van der Waals surface area contributed by atoms with Crippen LogP contribution in [0.3, 0.4) is 0 Å². The summed E-state index contributed by atoms with van der Waals surface area (Å²) in [4.78, 5) is 14.5. The van der Waals surface area contributed by atoms with Crippen LogP contribution in [0.1, 0.15) is 27.7 Å². The Morgan fingerprint density at radius 2 is 1.81 bits per heavy atom. The number of anilines is 3. The molecule has 0 atom stereocenters. The van der Waals surface area contributed by atoms with Crippen LogP contribution >= 0.6 is 0 Å². The highest BCUT2D eigenvalue weighted by atomic mass is 15.3. The van der Waals surface area contributed by atoms with Gasteiger partial charge in [0.1, 0.15) is 0 Å². The Morgan fingerprint density at radius 1 is 1.19 bits per heavy atom. The molecule has 16 heavy (non-hydrogen) atoms. The van der Waals surface area contributed by atoms with Crippen molar-refractivity contribution in [3.63, 3.8) is 0 Å². The van der Waals surface area contributed by atoms with E-state index in [1.54, 1.807) is 0 Å². The molecule has 1 aromatic heterocycles. The molecule has 6 heteroatoms. The van der Waals surface area contributed by atoms with E-state index in [0.29, 0.717) is 11.9 Å². The molecule has 0 aliphatic rings. The fourth-order valence-electron chi connectivity index (χ4n) is 1.35. The molecule has 0 fully saturated rings. The van der Waals surface area contributed by atoms with Crippen molar-refractivity contribution in [1.29, 1.82) is 0 Å². The normalized spacial score (nSPS) is 10.6. The molecule has 0 bridgehead atoms. The van der Waals surface area contributed by atoms with Gasteiger partial charge in [-0.15, -0.1) is 0 Å². The molecule has 0 aromatic carbocycles. The molecule has 0 aliphatic carbocycles. The third-order valence-electron chi connectivity index (χ3n) is 2.10. The molecule has 0 aliphatic heterocycles. The van der Waals surface area contributed by atoms with Gasteiger partial charge in [-0.3, -0.25) is 0 Å². The highest BCUT2D eigenvalue weighted by Crippen LogP contribution is 2.11. The van der Waals surface area contributed by atoms with Gasteiger partial charge in [0.2, 0.25) is 17.8 Å². The first-order chi connectivity index (χ1) is 7.56. The van der Waals surface area contributed by atoms with Crippen molar-refractivity contribution in [2.75, 3.05) is 29.0 Å². The van der Waals surface area contributed by atoms with E-state index in [1.165, 1.54) is 0 Å². The molecule has 0 saturated heterocycles. The predicted octanol–water partition coefficient (Wildman–Crippen LogP) is 1.12. The van der Waals surface area contributed by atoms with E-state index in [4.69, 9.17) is 5.73 Å². The lowest BCUT2D eigenvalue weighted by Gasteiger charge is -2.19. The standard InChI is InChI=1S/C10H20N6/c1-5-16(6-2)10-14-8(11)13-9(15-10)12-7(3)4/h7H,5-6H2,1-4H3,(H3,11,12,13,14,15). The minimum Gasteiger partial charge on any atom is -0.368 e. The fraction of sp³-hybridized carbons (Fsp3) is 0.700. The van der Waals surface area contributed by atoms with Crippen molar-refractivity contribution in [1.82, 2.24) is 15.0 Å². The van der Waals surface area contributed by atoms with Crippen molar-refractivity contribution < 1.29 is 0 Å². The summed E-state index contributed by atoms with van der Waals surface area (Å²) in [6.45, 7) is 9.86. The van der Waals surface area contributed by atoms with Crippen molar-refractivity contribution in [2.45, 2.75) is 33.7 Å². The Balaban J connectivity index is 2.97. The summed E-state index contributed by atoms with van der Waals surface area (Å²) in [5.74, 6) is 1.41. The molecule has 0 unspecified atom stereocenters. The Kier molecular flexibility index (Phi) is 4.28. The quantitative estimate of drug-likeness (QED) is 0.780. The van der Waals surface area contributed by atoms with Crippen molar-refractivity contribution in [2.24, 2.45) is 0 Å². The number of rotatable bonds is 5. The molecule has 0 spiro atoms. The average Bonchev–Trinajstić information content (AvgIpc) is 2.17. The molecular weight excluding hydrogens is 204 g/mol. The minimum absolute atomic E-state index is 0.250. The molecule has 0 radical (unpaired) electrons. The maximum atomic E-state index is 5.65. The topological polar surface area (TPSA) is 80.0 Å². The Labute approximate surface area is 96.3 Å². The molecule has 1 rings (SSSR count). The summed E-state index contributed by atoms with van der Waals surface area (Å²) >= 11 is 0.